The van der Waals surface area contributed by atoms with Gasteiger partial charge in [0.1, 0.15) is 0 Å². The van der Waals surface area contributed by atoms with Crippen molar-refractivity contribution in [3.05, 3.63) is 11.6 Å². The minimum atomic E-state index is -3.35. The Morgan fingerprint density at radius 2 is 2.07 bits per heavy atom. The molecule has 0 heterocycles. The third-order valence-corrected chi connectivity index (χ3v) is 6.24. The summed E-state index contributed by atoms with van der Waals surface area (Å²) in [7, 11) is 2.11. The van der Waals surface area contributed by atoms with Crippen molar-refractivity contribution >= 4 is 19.7 Å². The number of allylic oxidation sites excluding steroid dienone is 2. The highest BCUT2D eigenvalue weighted by Gasteiger charge is 2.53. The van der Waals surface area contributed by atoms with Gasteiger partial charge in [-0.15, -0.1) is 0 Å². The van der Waals surface area contributed by atoms with E-state index in [1.165, 1.54) is 18.4 Å². The van der Waals surface area contributed by atoms with Crippen molar-refractivity contribution in [1.29, 1.82) is 0 Å². The molecule has 1 saturated carbocycles. The average Bonchev–Trinajstić information content (AvgIpc) is 2.96. The van der Waals surface area contributed by atoms with Gasteiger partial charge in [-0.1, -0.05) is 11.6 Å². The van der Waals surface area contributed by atoms with Crippen molar-refractivity contribution in [3.63, 3.8) is 0 Å². The van der Waals surface area contributed by atoms with Crippen molar-refractivity contribution in [1.82, 2.24) is 0 Å². The zero-order chi connectivity index (χ0) is 10.9. The van der Waals surface area contributed by atoms with E-state index < -0.39 is 13.8 Å². The van der Waals surface area contributed by atoms with Crippen molar-refractivity contribution in [2.75, 3.05) is 0 Å². The van der Waals surface area contributed by atoms with Crippen LogP contribution >= 0.6 is 10.7 Å². The molecule has 2 rings (SSSR count). The Labute approximate surface area is 96.1 Å². The molecular formula is C11H17ClO2S. The Bertz CT molecular complexity index is 366. The van der Waals surface area contributed by atoms with E-state index in [4.69, 9.17) is 10.7 Å². The predicted molar refractivity (Wildman–Crippen MR) is 62.5 cm³/mol. The summed E-state index contributed by atoms with van der Waals surface area (Å²) in [5, 5.41) is 0. The Balaban J connectivity index is 1.91. The third-order valence-electron chi connectivity index (χ3n) is 3.61. The molecule has 0 aliphatic heterocycles. The Morgan fingerprint density at radius 1 is 1.33 bits per heavy atom. The van der Waals surface area contributed by atoms with Crippen LogP contribution in [0.25, 0.3) is 0 Å². The summed E-state index contributed by atoms with van der Waals surface area (Å²) < 4.78 is 22.1. The molecule has 0 aromatic carbocycles. The highest BCUT2D eigenvalue weighted by molar-refractivity contribution is 8.15. The number of rotatable bonds is 4. The molecule has 0 atom stereocenters. The van der Waals surface area contributed by atoms with Gasteiger partial charge in [0.2, 0.25) is 9.05 Å². The maximum absolute atomic E-state index is 11.3. The van der Waals surface area contributed by atoms with Gasteiger partial charge in [-0.25, -0.2) is 8.42 Å². The third kappa shape index (κ3) is 2.56. The molecule has 0 amide bonds. The van der Waals surface area contributed by atoms with Gasteiger partial charge in [-0.2, -0.15) is 0 Å². The van der Waals surface area contributed by atoms with Crippen LogP contribution in [0.4, 0.5) is 0 Å². The molecule has 0 N–H and O–H groups in total. The maximum atomic E-state index is 11.3. The quantitative estimate of drug-likeness (QED) is 0.565. The Morgan fingerprint density at radius 3 is 2.53 bits per heavy atom. The fraction of sp³-hybridized carbons (Fsp3) is 0.818. The first-order valence-corrected chi connectivity index (χ1v) is 7.97. The van der Waals surface area contributed by atoms with Crippen LogP contribution in [-0.2, 0) is 9.05 Å². The summed E-state index contributed by atoms with van der Waals surface area (Å²) in [4.78, 5) is 0. The SMILES string of the molecule is O=S(=O)(Cl)C1(CCC2=CCCCC2)CC1. The van der Waals surface area contributed by atoms with E-state index in [0.717, 1.165) is 38.5 Å². The molecular weight excluding hydrogens is 232 g/mol. The van der Waals surface area contributed by atoms with Crippen molar-refractivity contribution in [2.24, 2.45) is 0 Å². The minimum absolute atomic E-state index is 0.563. The summed E-state index contributed by atoms with van der Waals surface area (Å²) in [6.07, 6.45) is 10.3. The first-order chi connectivity index (χ1) is 7.04. The highest BCUT2D eigenvalue weighted by atomic mass is 35.7. The minimum Gasteiger partial charge on any atom is -0.212 e. The summed E-state index contributed by atoms with van der Waals surface area (Å²) in [6.45, 7) is 0. The fourth-order valence-corrected chi connectivity index (χ4v) is 3.91. The zero-order valence-electron chi connectivity index (χ0n) is 8.84. The second-order valence-corrected chi connectivity index (χ2v) is 7.69. The number of hydrogen-bond donors (Lipinski definition) is 0. The van der Waals surface area contributed by atoms with E-state index in [1.54, 1.807) is 0 Å². The average molecular weight is 249 g/mol. The molecule has 0 radical (unpaired) electrons. The number of halogens is 1. The van der Waals surface area contributed by atoms with Crippen LogP contribution < -0.4 is 0 Å². The predicted octanol–water partition coefficient (Wildman–Crippen LogP) is 3.37. The van der Waals surface area contributed by atoms with Gasteiger partial charge < -0.3 is 0 Å². The second kappa shape index (κ2) is 4.10. The van der Waals surface area contributed by atoms with Crippen molar-refractivity contribution < 1.29 is 8.42 Å². The summed E-state index contributed by atoms with van der Waals surface area (Å²) in [6, 6.07) is 0. The molecule has 0 bridgehead atoms. The molecule has 0 saturated heterocycles. The molecule has 1 fully saturated rings. The van der Waals surface area contributed by atoms with E-state index in [-0.39, 0.29) is 0 Å². The monoisotopic (exact) mass is 248 g/mol. The lowest BCUT2D eigenvalue weighted by Gasteiger charge is -2.15. The maximum Gasteiger partial charge on any atom is 0.238 e. The lowest BCUT2D eigenvalue weighted by Crippen LogP contribution is -2.17. The van der Waals surface area contributed by atoms with E-state index in [0.29, 0.717) is 0 Å². The van der Waals surface area contributed by atoms with E-state index in [9.17, 15) is 8.42 Å². The van der Waals surface area contributed by atoms with Gasteiger partial charge in [-0.3, -0.25) is 0 Å². The Hall–Kier alpha value is -0.0200. The molecule has 0 unspecified atom stereocenters. The molecule has 0 spiro atoms. The molecule has 0 aromatic rings. The van der Waals surface area contributed by atoms with Crippen LogP contribution in [0.1, 0.15) is 51.4 Å². The molecule has 2 aliphatic carbocycles. The molecule has 15 heavy (non-hydrogen) atoms. The molecule has 2 aliphatic rings. The summed E-state index contributed by atoms with van der Waals surface area (Å²) in [5.74, 6) is 0. The van der Waals surface area contributed by atoms with Gasteiger partial charge in [0.25, 0.3) is 0 Å². The lowest BCUT2D eigenvalue weighted by atomic mass is 9.95. The topological polar surface area (TPSA) is 34.1 Å². The molecule has 86 valence electrons. The van der Waals surface area contributed by atoms with E-state index in [2.05, 4.69) is 6.08 Å². The van der Waals surface area contributed by atoms with Gasteiger partial charge in [0.15, 0.2) is 0 Å². The van der Waals surface area contributed by atoms with Crippen LogP contribution in [-0.4, -0.2) is 13.2 Å². The van der Waals surface area contributed by atoms with Crippen molar-refractivity contribution in [3.8, 4) is 0 Å². The summed E-state index contributed by atoms with van der Waals surface area (Å²) >= 11 is 0. The van der Waals surface area contributed by atoms with Gasteiger partial charge in [0.05, 0.1) is 4.75 Å². The van der Waals surface area contributed by atoms with Crippen LogP contribution in [0.3, 0.4) is 0 Å². The van der Waals surface area contributed by atoms with E-state index in [1.807, 2.05) is 0 Å². The first kappa shape index (κ1) is 11.5. The van der Waals surface area contributed by atoms with Gasteiger partial charge >= 0.3 is 0 Å². The molecule has 2 nitrogen and oxygen atoms in total. The first-order valence-electron chi connectivity index (χ1n) is 5.66. The van der Waals surface area contributed by atoms with Crippen LogP contribution in [0.5, 0.6) is 0 Å². The second-order valence-electron chi connectivity index (χ2n) is 4.73. The molecule has 4 heteroatoms. The van der Waals surface area contributed by atoms with Crippen LogP contribution in [0, 0.1) is 0 Å². The lowest BCUT2D eigenvalue weighted by molar-refractivity contribution is 0.576. The highest BCUT2D eigenvalue weighted by Crippen LogP contribution is 2.49. The van der Waals surface area contributed by atoms with E-state index >= 15 is 0 Å². The number of hydrogen-bond acceptors (Lipinski definition) is 2. The van der Waals surface area contributed by atoms with Gasteiger partial charge in [-0.05, 0) is 51.4 Å². The van der Waals surface area contributed by atoms with Crippen molar-refractivity contribution in [2.45, 2.75) is 56.1 Å². The largest absolute Gasteiger partial charge is 0.238 e. The molecule has 0 aromatic heterocycles. The van der Waals surface area contributed by atoms with Gasteiger partial charge in [0, 0.05) is 10.7 Å². The zero-order valence-corrected chi connectivity index (χ0v) is 10.4. The summed E-state index contributed by atoms with van der Waals surface area (Å²) in [5.41, 5.74) is 1.44. The fourth-order valence-electron chi connectivity index (χ4n) is 2.28. The smallest absolute Gasteiger partial charge is 0.212 e. The normalized spacial score (nSPS) is 24.7. The standard InChI is InChI=1S/C11H17ClO2S/c12-15(13,14)11(8-9-11)7-6-10-4-2-1-3-5-10/h4H,1-3,5-9H2. The van der Waals surface area contributed by atoms with Crippen LogP contribution in [0.15, 0.2) is 11.6 Å². The van der Waals surface area contributed by atoms with Crippen LogP contribution in [0.2, 0.25) is 0 Å². The Kier molecular flexibility index (Phi) is 3.13.